The molecule has 0 aliphatic rings. The number of hydrogen-bond acceptors (Lipinski definition) is 4. The summed E-state index contributed by atoms with van der Waals surface area (Å²) in [5.74, 6) is 0.784. The Morgan fingerprint density at radius 2 is 1.69 bits per heavy atom. The molecule has 0 fully saturated rings. The minimum atomic E-state index is -0.247. The highest BCUT2D eigenvalue weighted by Gasteiger charge is 2.06. The van der Waals surface area contributed by atoms with Crippen molar-refractivity contribution >= 4 is 17.5 Å². The monoisotopic (exact) mass is 350 g/mol. The molecule has 132 valence electrons. The maximum atomic E-state index is 12.1. The van der Waals surface area contributed by atoms with Crippen molar-refractivity contribution in [1.29, 1.82) is 0 Å². The van der Waals surface area contributed by atoms with Crippen molar-refractivity contribution < 1.29 is 18.7 Å². The highest BCUT2D eigenvalue weighted by molar-refractivity contribution is 6.04. The second-order valence-corrected chi connectivity index (χ2v) is 5.49. The zero-order chi connectivity index (χ0) is 18.2. The standard InChI is InChI=1S/C20H18N2O4/c23-19(21-13-18-7-4-12-25-18)14-26-17-10-8-16(9-11-17)22-20(24)15-5-2-1-3-6-15/h1-12H,13-14H2,(H,21,23)(H,22,24). The van der Waals surface area contributed by atoms with Crippen LogP contribution < -0.4 is 15.4 Å². The largest absolute Gasteiger partial charge is 0.484 e. The normalized spacial score (nSPS) is 10.2. The van der Waals surface area contributed by atoms with Gasteiger partial charge in [-0.1, -0.05) is 18.2 Å². The van der Waals surface area contributed by atoms with Crippen molar-refractivity contribution in [2.75, 3.05) is 11.9 Å². The lowest BCUT2D eigenvalue weighted by molar-refractivity contribution is -0.123. The van der Waals surface area contributed by atoms with Crippen molar-refractivity contribution in [2.45, 2.75) is 6.54 Å². The first kappa shape index (κ1) is 17.3. The van der Waals surface area contributed by atoms with Gasteiger partial charge in [0.15, 0.2) is 6.61 Å². The Morgan fingerprint density at radius 3 is 2.38 bits per heavy atom. The second-order valence-electron chi connectivity index (χ2n) is 5.49. The summed E-state index contributed by atoms with van der Waals surface area (Å²) in [6.07, 6.45) is 1.55. The average Bonchev–Trinajstić information content (AvgIpc) is 3.20. The van der Waals surface area contributed by atoms with E-state index in [0.29, 0.717) is 29.3 Å². The zero-order valence-corrected chi connectivity index (χ0v) is 14.0. The fourth-order valence-electron chi connectivity index (χ4n) is 2.23. The lowest BCUT2D eigenvalue weighted by atomic mass is 10.2. The third-order valence-electron chi connectivity index (χ3n) is 3.56. The molecule has 6 nitrogen and oxygen atoms in total. The molecule has 0 aliphatic heterocycles. The van der Waals surface area contributed by atoms with Gasteiger partial charge in [-0.05, 0) is 48.5 Å². The van der Waals surface area contributed by atoms with Crippen molar-refractivity contribution in [2.24, 2.45) is 0 Å². The third kappa shape index (κ3) is 4.98. The van der Waals surface area contributed by atoms with E-state index in [2.05, 4.69) is 10.6 Å². The molecule has 0 aliphatic carbocycles. The molecule has 0 spiro atoms. The van der Waals surface area contributed by atoms with Crippen LogP contribution in [0, 0.1) is 0 Å². The Morgan fingerprint density at radius 1 is 0.923 bits per heavy atom. The van der Waals surface area contributed by atoms with Gasteiger partial charge >= 0.3 is 0 Å². The summed E-state index contributed by atoms with van der Waals surface area (Å²) in [6.45, 7) is 0.218. The van der Waals surface area contributed by atoms with Gasteiger partial charge in [0.05, 0.1) is 12.8 Å². The van der Waals surface area contributed by atoms with Gasteiger partial charge in [0.2, 0.25) is 0 Å². The molecule has 1 heterocycles. The van der Waals surface area contributed by atoms with Crippen molar-refractivity contribution in [3.8, 4) is 5.75 Å². The van der Waals surface area contributed by atoms with Crippen molar-refractivity contribution in [3.05, 3.63) is 84.3 Å². The van der Waals surface area contributed by atoms with Crippen LogP contribution in [-0.2, 0) is 11.3 Å². The fourth-order valence-corrected chi connectivity index (χ4v) is 2.23. The topological polar surface area (TPSA) is 80.6 Å². The summed E-state index contributed by atoms with van der Waals surface area (Å²) in [5, 5.41) is 5.50. The Bertz CT molecular complexity index is 843. The molecule has 2 aromatic carbocycles. The Balaban J connectivity index is 1.45. The van der Waals surface area contributed by atoms with Crippen molar-refractivity contribution in [3.63, 3.8) is 0 Å². The number of carbonyl (C=O) groups is 2. The van der Waals surface area contributed by atoms with E-state index < -0.39 is 0 Å². The van der Waals surface area contributed by atoms with Gasteiger partial charge in [-0.15, -0.1) is 0 Å². The first-order valence-corrected chi connectivity index (χ1v) is 8.09. The van der Waals surface area contributed by atoms with E-state index in [1.165, 1.54) is 0 Å². The van der Waals surface area contributed by atoms with E-state index in [1.807, 2.05) is 18.2 Å². The third-order valence-corrected chi connectivity index (χ3v) is 3.56. The van der Waals surface area contributed by atoms with Crippen molar-refractivity contribution in [1.82, 2.24) is 5.32 Å². The molecule has 6 heteroatoms. The smallest absolute Gasteiger partial charge is 0.258 e. The Kier molecular flexibility index (Phi) is 5.67. The van der Waals surface area contributed by atoms with Crippen LogP contribution in [0.4, 0.5) is 5.69 Å². The van der Waals surface area contributed by atoms with E-state index in [-0.39, 0.29) is 18.4 Å². The Hall–Kier alpha value is -3.54. The molecule has 0 saturated heterocycles. The first-order chi connectivity index (χ1) is 12.7. The van der Waals surface area contributed by atoms with E-state index in [0.717, 1.165) is 0 Å². The van der Waals surface area contributed by atoms with Gasteiger partial charge in [-0.3, -0.25) is 9.59 Å². The van der Waals surface area contributed by atoms with Gasteiger partial charge in [0.25, 0.3) is 11.8 Å². The molecule has 1 aromatic heterocycles. The van der Waals surface area contributed by atoms with E-state index in [4.69, 9.17) is 9.15 Å². The number of amides is 2. The van der Waals surface area contributed by atoms with E-state index in [1.54, 1.807) is 54.8 Å². The number of rotatable bonds is 7. The lowest BCUT2D eigenvalue weighted by Crippen LogP contribution is -2.28. The quantitative estimate of drug-likeness (QED) is 0.685. The van der Waals surface area contributed by atoms with Gasteiger partial charge in [-0.2, -0.15) is 0 Å². The number of benzene rings is 2. The second kappa shape index (κ2) is 8.53. The number of ether oxygens (including phenoxy) is 1. The Labute approximate surface area is 150 Å². The molecule has 0 unspecified atom stereocenters. The van der Waals surface area contributed by atoms with Crippen LogP contribution in [0.25, 0.3) is 0 Å². The SMILES string of the molecule is O=C(COc1ccc(NC(=O)c2ccccc2)cc1)NCc1ccco1. The number of carbonyl (C=O) groups excluding carboxylic acids is 2. The molecular weight excluding hydrogens is 332 g/mol. The highest BCUT2D eigenvalue weighted by atomic mass is 16.5. The number of nitrogens with one attached hydrogen (secondary N) is 2. The van der Waals surface area contributed by atoms with Crippen LogP contribution >= 0.6 is 0 Å². The van der Waals surface area contributed by atoms with Gasteiger partial charge in [-0.25, -0.2) is 0 Å². The van der Waals surface area contributed by atoms with Gasteiger partial charge < -0.3 is 19.8 Å². The summed E-state index contributed by atoms with van der Waals surface area (Å²) in [4.78, 5) is 23.8. The molecule has 3 rings (SSSR count). The summed E-state index contributed by atoms with van der Waals surface area (Å²) in [5.41, 5.74) is 1.23. The van der Waals surface area contributed by atoms with Crippen LogP contribution in [0.2, 0.25) is 0 Å². The molecule has 0 bridgehead atoms. The summed E-state index contributed by atoms with van der Waals surface area (Å²) in [7, 11) is 0. The number of hydrogen-bond donors (Lipinski definition) is 2. The highest BCUT2D eigenvalue weighted by Crippen LogP contribution is 2.16. The predicted molar refractivity (Wildman–Crippen MR) is 96.9 cm³/mol. The van der Waals surface area contributed by atoms with Gasteiger partial charge in [0.1, 0.15) is 11.5 Å². The average molecular weight is 350 g/mol. The molecule has 0 atom stereocenters. The van der Waals surface area contributed by atoms with Crippen LogP contribution in [0.1, 0.15) is 16.1 Å². The van der Waals surface area contributed by atoms with E-state index >= 15 is 0 Å². The summed E-state index contributed by atoms with van der Waals surface area (Å²) in [6, 6.07) is 19.3. The van der Waals surface area contributed by atoms with Crippen LogP contribution in [0.15, 0.2) is 77.4 Å². The molecule has 26 heavy (non-hydrogen) atoms. The summed E-state index contributed by atoms with van der Waals surface area (Å²) < 4.78 is 10.6. The lowest BCUT2D eigenvalue weighted by Gasteiger charge is -2.08. The molecule has 2 amide bonds. The molecule has 0 radical (unpaired) electrons. The van der Waals surface area contributed by atoms with E-state index in [9.17, 15) is 9.59 Å². The first-order valence-electron chi connectivity index (χ1n) is 8.09. The fraction of sp³-hybridized carbons (Fsp3) is 0.100. The maximum Gasteiger partial charge on any atom is 0.258 e. The molecular formula is C20H18N2O4. The number of anilines is 1. The summed E-state index contributed by atoms with van der Waals surface area (Å²) >= 11 is 0. The molecule has 0 saturated carbocycles. The predicted octanol–water partition coefficient (Wildman–Crippen LogP) is 3.23. The minimum absolute atomic E-state index is 0.101. The van der Waals surface area contributed by atoms with Crippen LogP contribution in [0.3, 0.4) is 0 Å². The maximum absolute atomic E-state index is 12.1. The zero-order valence-electron chi connectivity index (χ0n) is 14.0. The molecule has 2 N–H and O–H groups in total. The van der Waals surface area contributed by atoms with Gasteiger partial charge in [0, 0.05) is 11.3 Å². The minimum Gasteiger partial charge on any atom is -0.484 e. The molecule has 3 aromatic rings. The van der Waals surface area contributed by atoms with Crippen LogP contribution in [0.5, 0.6) is 5.75 Å². The van der Waals surface area contributed by atoms with Crippen LogP contribution in [-0.4, -0.2) is 18.4 Å². The number of furan rings is 1.